The molecule has 0 spiro atoms. The summed E-state index contributed by atoms with van der Waals surface area (Å²) in [5.41, 5.74) is 5.66. The van der Waals surface area contributed by atoms with Gasteiger partial charge in [0.15, 0.2) is 0 Å². The Morgan fingerprint density at radius 3 is 2.23 bits per heavy atom. The summed E-state index contributed by atoms with van der Waals surface area (Å²) in [4.78, 5) is 0. The summed E-state index contributed by atoms with van der Waals surface area (Å²) in [6, 6.07) is 0. The third kappa shape index (κ3) is 5.14. The number of thioether (sulfide) groups is 1. The molecule has 3 unspecified atom stereocenters. The van der Waals surface area contributed by atoms with Crippen molar-refractivity contribution in [1.82, 2.24) is 0 Å². The van der Waals surface area contributed by atoms with Crippen molar-refractivity contribution in [1.29, 1.82) is 0 Å². The van der Waals surface area contributed by atoms with Crippen LogP contribution in [-0.4, -0.2) is 23.4 Å². The second-order valence-corrected chi connectivity index (χ2v) is 5.12. The fourth-order valence-corrected chi connectivity index (χ4v) is 2.44. The van der Waals surface area contributed by atoms with Gasteiger partial charge in [-0.15, -0.1) is 11.6 Å². The normalized spacial score (nSPS) is 18.2. The lowest BCUT2D eigenvalue weighted by molar-refractivity contribution is 0.434. The van der Waals surface area contributed by atoms with E-state index in [0.717, 1.165) is 19.4 Å². The molecule has 0 radical (unpaired) electrons. The van der Waals surface area contributed by atoms with E-state index >= 15 is 0 Å². The molecule has 0 aromatic heterocycles. The van der Waals surface area contributed by atoms with Crippen molar-refractivity contribution in [3.63, 3.8) is 0 Å². The highest BCUT2D eigenvalue weighted by Crippen LogP contribution is 2.26. The second-order valence-electron chi connectivity index (χ2n) is 3.42. The van der Waals surface area contributed by atoms with Gasteiger partial charge in [-0.25, -0.2) is 0 Å². The van der Waals surface area contributed by atoms with E-state index in [4.69, 9.17) is 17.3 Å². The van der Waals surface area contributed by atoms with Crippen LogP contribution in [0.2, 0.25) is 0 Å². The zero-order valence-corrected chi connectivity index (χ0v) is 10.5. The molecule has 0 saturated carbocycles. The van der Waals surface area contributed by atoms with Crippen molar-refractivity contribution in [2.45, 2.75) is 43.7 Å². The number of hydrogen-bond donors (Lipinski definition) is 1. The Morgan fingerprint density at radius 2 is 1.92 bits per heavy atom. The standard InChI is InChI=1S/C10H22ClNS/c1-4-8(10(11)5-2)6-9(7-12)13-3/h8-10H,4-7,12H2,1-3H3. The van der Waals surface area contributed by atoms with Gasteiger partial charge in [0.25, 0.3) is 0 Å². The summed E-state index contributed by atoms with van der Waals surface area (Å²) < 4.78 is 0. The SMILES string of the molecule is CCC(Cl)C(CC)CC(CN)SC. The van der Waals surface area contributed by atoms with Gasteiger partial charge in [0.1, 0.15) is 0 Å². The maximum absolute atomic E-state index is 6.24. The summed E-state index contributed by atoms with van der Waals surface area (Å²) in [6.45, 7) is 5.13. The maximum Gasteiger partial charge on any atom is 0.0361 e. The molecule has 0 heterocycles. The smallest absolute Gasteiger partial charge is 0.0361 e. The van der Waals surface area contributed by atoms with Crippen molar-refractivity contribution >= 4 is 23.4 Å². The molecule has 0 aliphatic heterocycles. The fourth-order valence-electron chi connectivity index (χ4n) is 1.53. The number of nitrogens with two attached hydrogens (primary N) is 1. The van der Waals surface area contributed by atoms with E-state index in [1.807, 2.05) is 11.8 Å². The highest BCUT2D eigenvalue weighted by Gasteiger charge is 2.19. The molecule has 0 aliphatic rings. The van der Waals surface area contributed by atoms with Crippen molar-refractivity contribution in [3.05, 3.63) is 0 Å². The van der Waals surface area contributed by atoms with Crippen LogP contribution in [0.1, 0.15) is 33.1 Å². The molecule has 0 saturated heterocycles. The van der Waals surface area contributed by atoms with Gasteiger partial charge in [-0.1, -0.05) is 20.3 Å². The quantitative estimate of drug-likeness (QED) is 0.672. The third-order valence-corrected chi connectivity index (χ3v) is 4.30. The van der Waals surface area contributed by atoms with Gasteiger partial charge in [-0.3, -0.25) is 0 Å². The summed E-state index contributed by atoms with van der Waals surface area (Å²) in [7, 11) is 0. The van der Waals surface area contributed by atoms with Crippen molar-refractivity contribution in [2.24, 2.45) is 11.7 Å². The zero-order valence-electron chi connectivity index (χ0n) is 8.92. The van der Waals surface area contributed by atoms with E-state index in [1.165, 1.54) is 6.42 Å². The van der Waals surface area contributed by atoms with Crippen LogP contribution >= 0.6 is 23.4 Å². The van der Waals surface area contributed by atoms with Crippen LogP contribution in [0.25, 0.3) is 0 Å². The molecule has 2 N–H and O–H groups in total. The molecule has 0 amide bonds. The Labute approximate surface area is 91.8 Å². The van der Waals surface area contributed by atoms with Gasteiger partial charge in [0.05, 0.1) is 0 Å². The highest BCUT2D eigenvalue weighted by molar-refractivity contribution is 7.99. The largest absolute Gasteiger partial charge is 0.329 e. The van der Waals surface area contributed by atoms with E-state index < -0.39 is 0 Å². The molecule has 0 rings (SSSR count). The molecule has 3 atom stereocenters. The van der Waals surface area contributed by atoms with Crippen molar-refractivity contribution in [3.8, 4) is 0 Å². The van der Waals surface area contributed by atoms with E-state index in [9.17, 15) is 0 Å². The molecule has 3 heteroatoms. The average Bonchev–Trinajstić information content (AvgIpc) is 2.19. The molecular weight excluding hydrogens is 202 g/mol. The number of halogens is 1. The van der Waals surface area contributed by atoms with Crippen LogP contribution < -0.4 is 5.73 Å². The van der Waals surface area contributed by atoms with Crippen LogP contribution in [0, 0.1) is 5.92 Å². The molecule has 0 aromatic carbocycles. The van der Waals surface area contributed by atoms with Gasteiger partial charge < -0.3 is 5.73 Å². The Hall–Kier alpha value is 0.600. The Kier molecular flexibility index (Phi) is 8.32. The van der Waals surface area contributed by atoms with Crippen LogP contribution in [0.15, 0.2) is 0 Å². The highest BCUT2D eigenvalue weighted by atomic mass is 35.5. The zero-order chi connectivity index (χ0) is 10.3. The molecule has 0 bridgehead atoms. The van der Waals surface area contributed by atoms with E-state index in [1.54, 1.807) is 0 Å². The minimum absolute atomic E-state index is 0.325. The Balaban J connectivity index is 3.94. The number of rotatable bonds is 7. The average molecular weight is 224 g/mol. The van der Waals surface area contributed by atoms with E-state index in [0.29, 0.717) is 16.5 Å². The number of alkyl halides is 1. The van der Waals surface area contributed by atoms with Gasteiger partial charge >= 0.3 is 0 Å². The first-order chi connectivity index (χ1) is 6.19. The molecular formula is C10H22ClNS. The van der Waals surface area contributed by atoms with Crippen LogP contribution in [0.5, 0.6) is 0 Å². The van der Waals surface area contributed by atoms with Gasteiger partial charge in [-0.2, -0.15) is 11.8 Å². The topological polar surface area (TPSA) is 26.0 Å². The predicted molar refractivity (Wildman–Crippen MR) is 64.7 cm³/mol. The third-order valence-electron chi connectivity index (χ3n) is 2.59. The maximum atomic E-state index is 6.24. The summed E-state index contributed by atoms with van der Waals surface area (Å²) in [5.74, 6) is 0.632. The van der Waals surface area contributed by atoms with Crippen LogP contribution in [-0.2, 0) is 0 Å². The molecule has 1 nitrogen and oxygen atoms in total. The van der Waals surface area contributed by atoms with Crippen LogP contribution in [0.4, 0.5) is 0 Å². The van der Waals surface area contributed by atoms with Crippen molar-refractivity contribution in [2.75, 3.05) is 12.8 Å². The Bertz CT molecular complexity index is 117. The molecule has 80 valence electrons. The van der Waals surface area contributed by atoms with E-state index in [2.05, 4.69) is 20.1 Å². The minimum Gasteiger partial charge on any atom is -0.329 e. The molecule has 0 fully saturated rings. The summed E-state index contributed by atoms with van der Waals surface area (Å²) >= 11 is 8.10. The number of hydrogen-bond acceptors (Lipinski definition) is 2. The van der Waals surface area contributed by atoms with Gasteiger partial charge in [0.2, 0.25) is 0 Å². The molecule has 0 aliphatic carbocycles. The lowest BCUT2D eigenvalue weighted by Crippen LogP contribution is -2.24. The molecule has 13 heavy (non-hydrogen) atoms. The Morgan fingerprint density at radius 1 is 1.31 bits per heavy atom. The lowest BCUT2D eigenvalue weighted by atomic mass is 9.94. The first kappa shape index (κ1) is 13.6. The minimum atomic E-state index is 0.325. The first-order valence-corrected chi connectivity index (χ1v) is 6.78. The second kappa shape index (κ2) is 7.95. The fraction of sp³-hybridized carbons (Fsp3) is 1.00. The van der Waals surface area contributed by atoms with Crippen molar-refractivity contribution < 1.29 is 0 Å². The first-order valence-electron chi connectivity index (χ1n) is 5.06. The van der Waals surface area contributed by atoms with E-state index in [-0.39, 0.29) is 0 Å². The monoisotopic (exact) mass is 223 g/mol. The summed E-state index contributed by atoms with van der Waals surface area (Å²) in [6.07, 6.45) is 5.51. The lowest BCUT2D eigenvalue weighted by Gasteiger charge is -2.23. The van der Waals surface area contributed by atoms with Crippen LogP contribution in [0.3, 0.4) is 0 Å². The predicted octanol–water partition coefficient (Wildman–Crippen LogP) is 3.11. The van der Waals surface area contributed by atoms with Gasteiger partial charge in [-0.05, 0) is 25.0 Å². The summed E-state index contributed by atoms with van der Waals surface area (Å²) in [5, 5.41) is 0.906. The van der Waals surface area contributed by atoms with Gasteiger partial charge in [0, 0.05) is 17.2 Å². The molecule has 0 aromatic rings.